The van der Waals surface area contributed by atoms with Crippen molar-refractivity contribution in [2.75, 3.05) is 14.2 Å². The zero-order chi connectivity index (χ0) is 17.0. The summed E-state index contributed by atoms with van der Waals surface area (Å²) >= 11 is 0. The van der Waals surface area contributed by atoms with E-state index >= 15 is 0 Å². The van der Waals surface area contributed by atoms with E-state index in [2.05, 4.69) is 0 Å². The third-order valence-electron chi connectivity index (χ3n) is 3.67. The van der Waals surface area contributed by atoms with Gasteiger partial charge in [0.25, 0.3) is 5.91 Å². The minimum Gasteiger partial charge on any atom is -0.478 e. The molecule has 0 N–H and O–H groups in total. The summed E-state index contributed by atoms with van der Waals surface area (Å²) in [5.74, 6) is 1.90. The fourth-order valence-electron chi connectivity index (χ4n) is 2.45. The first-order valence-corrected chi connectivity index (χ1v) is 8.97. The van der Waals surface area contributed by atoms with Crippen molar-refractivity contribution in [1.29, 1.82) is 0 Å². The van der Waals surface area contributed by atoms with Crippen LogP contribution in [0.1, 0.15) is 13.8 Å². The summed E-state index contributed by atoms with van der Waals surface area (Å²) in [6, 6.07) is 8.84. The maximum absolute atomic E-state index is 12.3. The number of benzene rings is 1. The summed E-state index contributed by atoms with van der Waals surface area (Å²) in [7, 11) is -0.638. The molecule has 126 valence electrons. The number of amides is 1. The number of likely N-dealkylation sites (tertiary alicyclic amines) is 1. The van der Waals surface area contributed by atoms with Crippen LogP contribution in [-0.2, 0) is 18.4 Å². The molecule has 1 aliphatic rings. The van der Waals surface area contributed by atoms with Crippen molar-refractivity contribution in [3.8, 4) is 5.75 Å². The Morgan fingerprint density at radius 3 is 2.30 bits per heavy atom. The molecule has 1 fully saturated rings. The van der Waals surface area contributed by atoms with E-state index in [1.54, 1.807) is 23.1 Å². The van der Waals surface area contributed by atoms with Crippen LogP contribution in [-0.4, -0.2) is 43.2 Å². The molecular formula is C16H22NO5P. The van der Waals surface area contributed by atoms with Gasteiger partial charge in [0.1, 0.15) is 5.75 Å². The van der Waals surface area contributed by atoms with Crippen LogP contribution in [0.4, 0.5) is 0 Å². The number of β-lactam (4-membered cyclic amide) rings is 1. The number of rotatable bonds is 7. The molecule has 1 amide bonds. The third kappa shape index (κ3) is 3.83. The zero-order valence-electron chi connectivity index (χ0n) is 13.7. The maximum atomic E-state index is 12.3. The Morgan fingerprint density at radius 1 is 1.17 bits per heavy atom. The molecule has 0 radical (unpaired) electrons. The molecule has 0 saturated carbocycles. The number of carbonyl (C=O) groups is 1. The number of ether oxygens (including phenoxy) is 1. The van der Waals surface area contributed by atoms with E-state index in [0.717, 1.165) is 0 Å². The molecule has 1 saturated heterocycles. The summed E-state index contributed by atoms with van der Waals surface area (Å²) < 4.78 is 27.7. The van der Waals surface area contributed by atoms with Crippen LogP contribution in [0.2, 0.25) is 0 Å². The predicted octanol–water partition coefficient (Wildman–Crippen LogP) is 3.05. The normalized spacial score (nSPS) is 21.8. The summed E-state index contributed by atoms with van der Waals surface area (Å²) in [6.45, 7) is 3.84. The Labute approximate surface area is 136 Å². The Balaban J connectivity index is 2.19. The summed E-state index contributed by atoms with van der Waals surface area (Å²) in [5, 5.41) is 0. The van der Waals surface area contributed by atoms with Crippen LogP contribution in [0.5, 0.6) is 5.75 Å². The number of hydrogen-bond acceptors (Lipinski definition) is 5. The van der Waals surface area contributed by atoms with Crippen molar-refractivity contribution in [1.82, 2.24) is 4.90 Å². The largest absolute Gasteiger partial charge is 0.478 e. The molecule has 6 nitrogen and oxygen atoms in total. The van der Waals surface area contributed by atoms with E-state index in [9.17, 15) is 9.36 Å². The molecule has 23 heavy (non-hydrogen) atoms. The molecule has 2 atom stereocenters. The van der Waals surface area contributed by atoms with Crippen molar-refractivity contribution in [3.63, 3.8) is 0 Å². The highest BCUT2D eigenvalue weighted by atomic mass is 31.2. The second-order valence-electron chi connectivity index (χ2n) is 5.43. The maximum Gasteiger partial charge on any atom is 0.353 e. The van der Waals surface area contributed by atoms with Gasteiger partial charge >= 0.3 is 7.60 Å². The quantitative estimate of drug-likeness (QED) is 0.564. The van der Waals surface area contributed by atoms with Crippen molar-refractivity contribution in [2.45, 2.75) is 32.0 Å². The lowest BCUT2D eigenvalue weighted by molar-refractivity contribution is -0.162. The van der Waals surface area contributed by atoms with Gasteiger partial charge in [-0.1, -0.05) is 18.2 Å². The van der Waals surface area contributed by atoms with Crippen LogP contribution >= 0.6 is 7.60 Å². The molecule has 0 spiro atoms. The first-order chi connectivity index (χ1) is 10.9. The van der Waals surface area contributed by atoms with Gasteiger partial charge in [0.2, 0.25) is 6.10 Å². The summed E-state index contributed by atoms with van der Waals surface area (Å²) in [4.78, 5) is 14.0. The van der Waals surface area contributed by atoms with Gasteiger partial charge in [0.15, 0.2) is 0 Å². The summed E-state index contributed by atoms with van der Waals surface area (Å²) in [5.41, 5.74) is 0. The Kier molecular flexibility index (Phi) is 5.63. The van der Waals surface area contributed by atoms with Gasteiger partial charge in [-0.25, -0.2) is 0 Å². The molecular weight excluding hydrogens is 317 g/mol. The standard InChI is InChI=1S/C16H22NO5P/c1-12(2)17-14(10-11-23(19,20-3)21-4)15(16(17)18)22-13-8-6-5-7-9-13/h5-12,14-15H,1-4H3/b11-10+/t14-,15+/m1/s1. The minimum absolute atomic E-state index is 0.0113. The molecule has 1 aliphatic heterocycles. The Morgan fingerprint density at radius 2 is 1.78 bits per heavy atom. The van der Waals surface area contributed by atoms with Crippen molar-refractivity contribution < 1.29 is 23.1 Å². The fourth-order valence-corrected chi connectivity index (χ4v) is 3.23. The van der Waals surface area contributed by atoms with Gasteiger partial charge < -0.3 is 18.7 Å². The lowest BCUT2D eigenvalue weighted by Crippen LogP contribution is -2.68. The van der Waals surface area contributed by atoms with Crippen LogP contribution in [0.3, 0.4) is 0 Å². The van der Waals surface area contributed by atoms with E-state index in [1.165, 1.54) is 20.0 Å². The highest BCUT2D eigenvalue weighted by Crippen LogP contribution is 2.48. The van der Waals surface area contributed by atoms with Gasteiger partial charge in [-0.2, -0.15) is 0 Å². The number of nitrogens with zero attached hydrogens (tertiary/aromatic N) is 1. The second-order valence-corrected chi connectivity index (χ2v) is 7.54. The van der Waals surface area contributed by atoms with Crippen molar-refractivity contribution in [3.05, 3.63) is 42.2 Å². The van der Waals surface area contributed by atoms with E-state index in [1.807, 2.05) is 32.0 Å². The molecule has 1 aromatic carbocycles. The highest BCUT2D eigenvalue weighted by Gasteiger charge is 2.49. The van der Waals surface area contributed by atoms with E-state index in [4.69, 9.17) is 13.8 Å². The molecule has 1 aromatic rings. The van der Waals surface area contributed by atoms with Gasteiger partial charge in [-0.3, -0.25) is 9.36 Å². The Bertz CT molecular complexity index is 608. The lowest BCUT2D eigenvalue weighted by Gasteiger charge is -2.47. The molecule has 0 bridgehead atoms. The smallest absolute Gasteiger partial charge is 0.353 e. The summed E-state index contributed by atoms with van der Waals surface area (Å²) in [6.07, 6.45) is 1.01. The van der Waals surface area contributed by atoms with Gasteiger partial charge in [-0.05, 0) is 32.1 Å². The molecule has 0 aromatic heterocycles. The van der Waals surface area contributed by atoms with Gasteiger partial charge in [0.05, 0.1) is 6.04 Å². The van der Waals surface area contributed by atoms with Crippen LogP contribution < -0.4 is 4.74 Å². The third-order valence-corrected chi connectivity index (χ3v) is 5.22. The monoisotopic (exact) mass is 339 g/mol. The Hall–Kier alpha value is -1.62. The molecule has 2 rings (SSSR count). The minimum atomic E-state index is -3.27. The number of hydrogen-bond donors (Lipinski definition) is 0. The number of carbonyl (C=O) groups excluding carboxylic acids is 1. The zero-order valence-corrected chi connectivity index (χ0v) is 14.6. The first-order valence-electron chi connectivity index (χ1n) is 7.36. The van der Waals surface area contributed by atoms with Crippen LogP contribution in [0.15, 0.2) is 42.2 Å². The first kappa shape index (κ1) is 17.7. The molecule has 0 unspecified atom stereocenters. The topological polar surface area (TPSA) is 65.1 Å². The average Bonchev–Trinajstić information content (AvgIpc) is 2.56. The average molecular weight is 339 g/mol. The highest BCUT2D eigenvalue weighted by molar-refractivity contribution is 7.57. The molecule has 0 aliphatic carbocycles. The fraction of sp³-hybridized carbons (Fsp3) is 0.438. The van der Waals surface area contributed by atoms with Crippen molar-refractivity contribution >= 4 is 13.5 Å². The van der Waals surface area contributed by atoms with Crippen LogP contribution in [0, 0.1) is 0 Å². The van der Waals surface area contributed by atoms with Gasteiger partial charge in [-0.15, -0.1) is 0 Å². The molecule has 7 heteroatoms. The van der Waals surface area contributed by atoms with Crippen LogP contribution in [0.25, 0.3) is 0 Å². The SMILES string of the molecule is COP(=O)(/C=C/[C@@H]1[C@H](Oc2ccccc2)C(=O)N1C(C)C)OC. The van der Waals surface area contributed by atoms with Crippen molar-refractivity contribution in [2.24, 2.45) is 0 Å². The predicted molar refractivity (Wildman–Crippen MR) is 87.4 cm³/mol. The lowest BCUT2D eigenvalue weighted by atomic mass is 9.95. The van der Waals surface area contributed by atoms with E-state index in [-0.39, 0.29) is 18.0 Å². The van der Waals surface area contributed by atoms with E-state index in [0.29, 0.717) is 5.75 Å². The second kappa shape index (κ2) is 7.30. The van der Waals surface area contributed by atoms with E-state index < -0.39 is 13.7 Å². The van der Waals surface area contributed by atoms with Gasteiger partial charge in [0, 0.05) is 26.1 Å². The molecule has 1 heterocycles. The number of para-hydroxylation sites is 1.